The fourth-order valence-electron chi connectivity index (χ4n) is 3.12. The SMILES string of the molecule is CCNC(=NCc1noc(C)n1)NCC(c1ccc(F)cc1)N1CCOCC1. The molecule has 1 unspecified atom stereocenters. The summed E-state index contributed by atoms with van der Waals surface area (Å²) in [5, 5.41) is 10.5. The molecule has 2 heterocycles. The van der Waals surface area contributed by atoms with Gasteiger partial charge in [-0.05, 0) is 24.6 Å². The molecule has 1 aromatic heterocycles. The number of guanidine groups is 1. The molecule has 28 heavy (non-hydrogen) atoms. The first-order chi connectivity index (χ1) is 13.7. The predicted octanol–water partition coefficient (Wildman–Crippen LogP) is 1.65. The molecule has 0 radical (unpaired) electrons. The lowest BCUT2D eigenvalue weighted by Gasteiger charge is -2.35. The van der Waals surface area contributed by atoms with Crippen LogP contribution in [0.1, 0.15) is 30.2 Å². The van der Waals surface area contributed by atoms with Gasteiger partial charge in [0.05, 0.1) is 19.3 Å². The van der Waals surface area contributed by atoms with E-state index in [1.807, 2.05) is 19.1 Å². The Morgan fingerprint density at radius 3 is 2.64 bits per heavy atom. The van der Waals surface area contributed by atoms with Crippen LogP contribution in [0.25, 0.3) is 0 Å². The quantitative estimate of drug-likeness (QED) is 0.549. The molecule has 152 valence electrons. The van der Waals surface area contributed by atoms with Gasteiger partial charge in [0.25, 0.3) is 0 Å². The molecule has 1 aromatic carbocycles. The summed E-state index contributed by atoms with van der Waals surface area (Å²) in [6.45, 7) is 8.50. The fraction of sp³-hybridized carbons (Fsp3) is 0.526. The maximum absolute atomic E-state index is 13.4. The van der Waals surface area contributed by atoms with Gasteiger partial charge in [-0.2, -0.15) is 4.98 Å². The number of nitrogens with zero attached hydrogens (tertiary/aromatic N) is 4. The number of nitrogens with one attached hydrogen (secondary N) is 2. The fourth-order valence-corrected chi connectivity index (χ4v) is 3.12. The van der Waals surface area contributed by atoms with E-state index < -0.39 is 0 Å². The van der Waals surface area contributed by atoms with Crippen molar-refractivity contribution in [1.82, 2.24) is 25.7 Å². The van der Waals surface area contributed by atoms with E-state index in [9.17, 15) is 4.39 Å². The van der Waals surface area contributed by atoms with Gasteiger partial charge in [0.1, 0.15) is 12.4 Å². The maximum Gasteiger partial charge on any atom is 0.223 e. The molecule has 1 aliphatic rings. The monoisotopic (exact) mass is 390 g/mol. The van der Waals surface area contributed by atoms with Gasteiger partial charge >= 0.3 is 0 Å². The van der Waals surface area contributed by atoms with Gasteiger partial charge < -0.3 is 19.9 Å². The predicted molar refractivity (Wildman–Crippen MR) is 103 cm³/mol. The summed E-state index contributed by atoms with van der Waals surface area (Å²) in [7, 11) is 0. The number of aliphatic imine (C=N–C) groups is 1. The van der Waals surface area contributed by atoms with Crippen LogP contribution >= 0.6 is 0 Å². The van der Waals surface area contributed by atoms with Crippen LogP contribution < -0.4 is 10.6 Å². The summed E-state index contributed by atoms with van der Waals surface area (Å²) in [6, 6.07) is 6.76. The van der Waals surface area contributed by atoms with Crippen molar-refractivity contribution in [3.63, 3.8) is 0 Å². The molecule has 3 rings (SSSR count). The number of rotatable bonds is 7. The molecule has 0 saturated carbocycles. The lowest BCUT2D eigenvalue weighted by molar-refractivity contribution is 0.0170. The molecule has 1 aliphatic heterocycles. The lowest BCUT2D eigenvalue weighted by Crippen LogP contribution is -2.46. The van der Waals surface area contributed by atoms with Crippen LogP contribution in [0.3, 0.4) is 0 Å². The number of hydrogen-bond donors (Lipinski definition) is 2. The zero-order valence-electron chi connectivity index (χ0n) is 16.3. The van der Waals surface area contributed by atoms with Crippen molar-refractivity contribution in [3.05, 3.63) is 47.4 Å². The Hall–Kier alpha value is -2.52. The van der Waals surface area contributed by atoms with Gasteiger partial charge in [0.15, 0.2) is 11.8 Å². The van der Waals surface area contributed by atoms with Crippen LogP contribution in [0.4, 0.5) is 4.39 Å². The number of aromatic nitrogens is 2. The van der Waals surface area contributed by atoms with Crippen molar-refractivity contribution in [3.8, 4) is 0 Å². The Bertz CT molecular complexity index is 758. The Balaban J connectivity index is 1.69. The first-order valence-electron chi connectivity index (χ1n) is 9.54. The number of benzene rings is 1. The van der Waals surface area contributed by atoms with Crippen LogP contribution in [0.5, 0.6) is 0 Å². The highest BCUT2D eigenvalue weighted by molar-refractivity contribution is 5.79. The number of halogens is 1. The summed E-state index contributed by atoms with van der Waals surface area (Å²) in [5.74, 6) is 1.50. The highest BCUT2D eigenvalue weighted by Gasteiger charge is 2.23. The summed E-state index contributed by atoms with van der Waals surface area (Å²) < 4.78 is 23.8. The second-order valence-electron chi connectivity index (χ2n) is 6.52. The second kappa shape index (κ2) is 10.1. The van der Waals surface area contributed by atoms with Gasteiger partial charge in [-0.3, -0.25) is 4.90 Å². The van der Waals surface area contributed by atoms with Gasteiger partial charge in [-0.1, -0.05) is 17.3 Å². The number of hydrogen-bond acceptors (Lipinski definition) is 6. The van der Waals surface area contributed by atoms with E-state index in [0.717, 1.165) is 25.2 Å². The molecule has 1 saturated heterocycles. The summed E-state index contributed by atoms with van der Waals surface area (Å²) in [5.41, 5.74) is 1.06. The minimum absolute atomic E-state index is 0.0841. The third-order valence-electron chi connectivity index (χ3n) is 4.50. The largest absolute Gasteiger partial charge is 0.379 e. The van der Waals surface area contributed by atoms with E-state index in [4.69, 9.17) is 9.26 Å². The first-order valence-corrected chi connectivity index (χ1v) is 9.54. The zero-order chi connectivity index (χ0) is 19.8. The van der Waals surface area contributed by atoms with E-state index in [-0.39, 0.29) is 11.9 Å². The molecule has 2 aromatic rings. The molecule has 0 spiro atoms. The molecule has 0 bridgehead atoms. The summed E-state index contributed by atoms with van der Waals surface area (Å²) in [4.78, 5) is 11.0. The van der Waals surface area contributed by atoms with Crippen LogP contribution in [0.15, 0.2) is 33.8 Å². The first kappa shape index (κ1) is 20.2. The van der Waals surface area contributed by atoms with Gasteiger partial charge in [0, 0.05) is 33.1 Å². The van der Waals surface area contributed by atoms with Gasteiger partial charge in [0.2, 0.25) is 5.89 Å². The summed E-state index contributed by atoms with van der Waals surface area (Å²) in [6.07, 6.45) is 0. The molecule has 0 amide bonds. The molecule has 2 N–H and O–H groups in total. The smallest absolute Gasteiger partial charge is 0.223 e. The molecular weight excluding hydrogens is 363 g/mol. The molecule has 1 fully saturated rings. The number of aryl methyl sites for hydroxylation is 1. The van der Waals surface area contributed by atoms with E-state index in [2.05, 4.69) is 30.7 Å². The minimum atomic E-state index is -0.234. The Morgan fingerprint density at radius 1 is 1.25 bits per heavy atom. The van der Waals surface area contributed by atoms with Crippen molar-refractivity contribution >= 4 is 5.96 Å². The van der Waals surface area contributed by atoms with Crippen LogP contribution in [0, 0.1) is 12.7 Å². The van der Waals surface area contributed by atoms with Gasteiger partial charge in [-0.15, -0.1) is 0 Å². The average Bonchev–Trinajstić information content (AvgIpc) is 3.13. The van der Waals surface area contributed by atoms with Crippen molar-refractivity contribution < 1.29 is 13.7 Å². The maximum atomic E-state index is 13.4. The van der Waals surface area contributed by atoms with E-state index >= 15 is 0 Å². The highest BCUT2D eigenvalue weighted by Crippen LogP contribution is 2.21. The normalized spacial score (nSPS) is 16.8. The standard InChI is InChI=1S/C19H27FN6O2/c1-3-21-19(23-13-18-24-14(2)28-25-18)22-12-17(26-8-10-27-11-9-26)15-4-6-16(20)7-5-15/h4-7,17H,3,8-13H2,1-2H3,(H2,21,22,23). The molecule has 8 nitrogen and oxygen atoms in total. The third-order valence-corrected chi connectivity index (χ3v) is 4.50. The van der Waals surface area contributed by atoms with Crippen molar-refractivity contribution in [2.75, 3.05) is 39.4 Å². The van der Waals surface area contributed by atoms with Crippen molar-refractivity contribution in [1.29, 1.82) is 0 Å². The summed E-state index contributed by atoms with van der Waals surface area (Å²) >= 11 is 0. The average molecular weight is 390 g/mol. The van der Waals surface area contributed by atoms with Crippen LogP contribution in [-0.4, -0.2) is 60.4 Å². The van der Waals surface area contributed by atoms with Crippen molar-refractivity contribution in [2.24, 2.45) is 4.99 Å². The Labute approximate surface area is 164 Å². The van der Waals surface area contributed by atoms with Crippen molar-refractivity contribution in [2.45, 2.75) is 26.4 Å². The van der Waals surface area contributed by atoms with Crippen LogP contribution in [-0.2, 0) is 11.3 Å². The van der Waals surface area contributed by atoms with E-state index in [1.165, 1.54) is 12.1 Å². The second-order valence-corrected chi connectivity index (χ2v) is 6.52. The number of morpholine rings is 1. The number of ether oxygens (including phenoxy) is 1. The van der Waals surface area contributed by atoms with Gasteiger partial charge in [-0.25, -0.2) is 9.38 Å². The molecule has 1 atom stereocenters. The minimum Gasteiger partial charge on any atom is -0.379 e. The highest BCUT2D eigenvalue weighted by atomic mass is 19.1. The Morgan fingerprint density at radius 2 is 2.00 bits per heavy atom. The molecule has 0 aliphatic carbocycles. The van der Waals surface area contributed by atoms with E-state index in [0.29, 0.717) is 44.0 Å². The van der Waals surface area contributed by atoms with Crippen LogP contribution in [0.2, 0.25) is 0 Å². The van der Waals surface area contributed by atoms with E-state index in [1.54, 1.807) is 6.92 Å². The molecule has 9 heteroatoms. The topological polar surface area (TPSA) is 87.8 Å². The third kappa shape index (κ3) is 5.74. The Kier molecular flexibility index (Phi) is 7.32. The molecular formula is C19H27FN6O2. The zero-order valence-corrected chi connectivity index (χ0v) is 16.3. The lowest BCUT2D eigenvalue weighted by atomic mass is 10.0.